The molecule has 3 N–H and O–H groups in total. The zero-order valence-corrected chi connectivity index (χ0v) is 25.5. The van der Waals surface area contributed by atoms with Crippen LogP contribution >= 0.6 is 11.9 Å². The van der Waals surface area contributed by atoms with Crippen LogP contribution in [0.4, 0.5) is 10.1 Å². The van der Waals surface area contributed by atoms with E-state index < -0.39 is 5.82 Å². The van der Waals surface area contributed by atoms with Gasteiger partial charge in [-0.15, -0.1) is 0 Å². The number of anilines is 1. The minimum absolute atomic E-state index is 0.286. The number of hydrogen-bond donors (Lipinski definition) is 3. The Bertz CT molecular complexity index is 924. The molecule has 0 radical (unpaired) electrons. The van der Waals surface area contributed by atoms with Crippen molar-refractivity contribution >= 4 is 23.5 Å². The van der Waals surface area contributed by atoms with E-state index in [-0.39, 0.29) is 11.7 Å². The molecule has 0 saturated carbocycles. The molecular formula is C31H51FN3O3S+. The number of benzene rings is 2. The Balaban J connectivity index is 0.00000371. The third kappa shape index (κ3) is 13.2. The Morgan fingerprint density at radius 1 is 0.897 bits per heavy atom. The van der Waals surface area contributed by atoms with Crippen LogP contribution in [-0.2, 0) is 0 Å². The lowest BCUT2D eigenvalue weighted by Gasteiger charge is -2.37. The highest BCUT2D eigenvalue weighted by Gasteiger charge is 2.22. The van der Waals surface area contributed by atoms with Crippen LogP contribution in [0.25, 0.3) is 0 Å². The highest BCUT2D eigenvalue weighted by Crippen LogP contribution is 2.23. The Kier molecular flexibility index (Phi) is 18.5. The summed E-state index contributed by atoms with van der Waals surface area (Å²) in [4.78, 5) is 14.0. The number of quaternary nitrogens is 1. The number of nitrogens with one attached hydrogen (secondary N) is 2. The van der Waals surface area contributed by atoms with E-state index >= 15 is 0 Å². The maximum Gasteiger partial charge on any atom is 0.259 e. The molecule has 0 heterocycles. The summed E-state index contributed by atoms with van der Waals surface area (Å²) in [5, 5.41) is 9.91. The molecule has 1 amide bonds. The van der Waals surface area contributed by atoms with Crippen molar-refractivity contribution < 1.29 is 23.5 Å². The molecule has 39 heavy (non-hydrogen) atoms. The van der Waals surface area contributed by atoms with Crippen LogP contribution < -0.4 is 14.8 Å². The SMILES string of the molecule is CCCCCCOc1cc(F)ccc1C(=O)Nc1ccc(SNCC[N+](CC)(CC)CCCCC)cc1.CO. The number of hydrogen-bond acceptors (Lipinski definition) is 5. The van der Waals surface area contributed by atoms with Gasteiger partial charge in [0.1, 0.15) is 11.6 Å². The monoisotopic (exact) mass is 564 g/mol. The number of rotatable bonds is 19. The molecule has 2 aromatic rings. The summed E-state index contributed by atoms with van der Waals surface area (Å²) >= 11 is 1.62. The topological polar surface area (TPSA) is 70.6 Å². The smallest absolute Gasteiger partial charge is 0.259 e. The van der Waals surface area contributed by atoms with Crippen molar-refractivity contribution in [1.82, 2.24) is 4.72 Å². The number of likely N-dealkylation sites (N-methyl/N-ethyl adjacent to an activating group) is 1. The van der Waals surface area contributed by atoms with E-state index in [1.165, 1.54) is 57.1 Å². The second-order valence-electron chi connectivity index (χ2n) is 9.65. The normalized spacial score (nSPS) is 11.1. The van der Waals surface area contributed by atoms with Gasteiger partial charge in [-0.25, -0.2) is 4.39 Å². The van der Waals surface area contributed by atoms with Gasteiger partial charge in [0.05, 0.1) is 44.9 Å². The minimum atomic E-state index is -0.413. The van der Waals surface area contributed by atoms with Gasteiger partial charge in [-0.1, -0.05) is 39.5 Å². The van der Waals surface area contributed by atoms with Crippen molar-refractivity contribution in [2.75, 3.05) is 51.8 Å². The fraction of sp³-hybridized carbons (Fsp3) is 0.581. The van der Waals surface area contributed by atoms with E-state index in [4.69, 9.17) is 9.84 Å². The molecule has 0 aliphatic heterocycles. The molecule has 0 aliphatic rings. The van der Waals surface area contributed by atoms with E-state index in [9.17, 15) is 9.18 Å². The second kappa shape index (κ2) is 20.7. The number of nitrogens with zero attached hydrogens (tertiary/aromatic N) is 1. The number of ether oxygens (including phenoxy) is 1. The summed E-state index contributed by atoms with van der Waals surface area (Å²) in [6.07, 6.45) is 8.08. The summed E-state index contributed by atoms with van der Waals surface area (Å²) in [6, 6.07) is 11.8. The van der Waals surface area contributed by atoms with Crippen LogP contribution in [-0.4, -0.2) is 61.9 Å². The first-order chi connectivity index (χ1) is 19.0. The molecule has 0 aliphatic carbocycles. The lowest BCUT2D eigenvalue weighted by Crippen LogP contribution is -2.51. The zero-order chi connectivity index (χ0) is 28.9. The Morgan fingerprint density at radius 3 is 2.21 bits per heavy atom. The summed E-state index contributed by atoms with van der Waals surface area (Å²) in [5.74, 6) is -0.434. The lowest BCUT2D eigenvalue weighted by molar-refractivity contribution is -0.924. The van der Waals surface area contributed by atoms with Gasteiger partial charge in [0.2, 0.25) is 0 Å². The number of carbonyl (C=O) groups is 1. The molecule has 2 rings (SSSR count). The first-order valence-corrected chi connectivity index (χ1v) is 15.3. The molecule has 8 heteroatoms. The third-order valence-electron chi connectivity index (χ3n) is 7.01. The van der Waals surface area contributed by atoms with Gasteiger partial charge >= 0.3 is 0 Å². The second-order valence-corrected chi connectivity index (χ2v) is 10.6. The fourth-order valence-corrected chi connectivity index (χ4v) is 5.03. The molecule has 0 bridgehead atoms. The molecule has 220 valence electrons. The van der Waals surface area contributed by atoms with Gasteiger partial charge in [0.15, 0.2) is 0 Å². The van der Waals surface area contributed by atoms with Gasteiger partial charge in [0.25, 0.3) is 5.91 Å². The number of carbonyl (C=O) groups excluding carboxylic acids is 1. The first-order valence-electron chi connectivity index (χ1n) is 14.5. The van der Waals surface area contributed by atoms with Crippen molar-refractivity contribution in [1.29, 1.82) is 0 Å². The molecule has 0 aromatic heterocycles. The van der Waals surface area contributed by atoms with Crippen LogP contribution in [0.5, 0.6) is 5.75 Å². The van der Waals surface area contributed by atoms with Gasteiger partial charge in [0, 0.05) is 23.8 Å². The number of aliphatic hydroxyl groups is 1. The third-order valence-corrected chi connectivity index (χ3v) is 7.87. The van der Waals surface area contributed by atoms with E-state index in [2.05, 4.69) is 37.7 Å². The highest BCUT2D eigenvalue weighted by molar-refractivity contribution is 7.97. The Morgan fingerprint density at radius 2 is 1.56 bits per heavy atom. The minimum Gasteiger partial charge on any atom is -0.493 e. The van der Waals surface area contributed by atoms with E-state index in [0.717, 1.165) is 55.3 Å². The van der Waals surface area contributed by atoms with Crippen molar-refractivity contribution in [3.8, 4) is 5.75 Å². The lowest BCUT2D eigenvalue weighted by atomic mass is 10.1. The predicted octanol–water partition coefficient (Wildman–Crippen LogP) is 7.29. The molecule has 2 aromatic carbocycles. The van der Waals surface area contributed by atoms with Crippen molar-refractivity contribution in [3.05, 3.63) is 53.8 Å². The Labute approximate surface area is 240 Å². The fourth-order valence-electron chi connectivity index (χ4n) is 4.40. The number of halogens is 1. The Hall–Kier alpha value is -2.13. The largest absolute Gasteiger partial charge is 0.493 e. The van der Waals surface area contributed by atoms with E-state index in [1.54, 1.807) is 11.9 Å². The predicted molar refractivity (Wildman–Crippen MR) is 163 cm³/mol. The van der Waals surface area contributed by atoms with Crippen molar-refractivity contribution in [2.45, 2.75) is 77.5 Å². The van der Waals surface area contributed by atoms with Gasteiger partial charge in [-0.3, -0.25) is 9.52 Å². The van der Waals surface area contributed by atoms with Crippen LogP contribution in [0.1, 0.15) is 83.0 Å². The maximum absolute atomic E-state index is 13.8. The first kappa shape index (κ1) is 34.9. The van der Waals surface area contributed by atoms with Crippen LogP contribution in [0, 0.1) is 5.82 Å². The van der Waals surface area contributed by atoms with E-state index in [0.29, 0.717) is 17.9 Å². The molecule has 0 atom stereocenters. The molecule has 0 saturated heterocycles. The summed E-state index contributed by atoms with van der Waals surface area (Å²) in [6.45, 7) is 15.1. The summed E-state index contributed by atoms with van der Waals surface area (Å²) in [5.41, 5.74) is 1.03. The van der Waals surface area contributed by atoms with Crippen molar-refractivity contribution in [2.24, 2.45) is 0 Å². The van der Waals surface area contributed by atoms with Crippen LogP contribution in [0.3, 0.4) is 0 Å². The van der Waals surface area contributed by atoms with Crippen LogP contribution in [0.15, 0.2) is 47.4 Å². The number of amides is 1. The summed E-state index contributed by atoms with van der Waals surface area (Å²) in [7, 11) is 1.00. The average Bonchev–Trinajstić information content (AvgIpc) is 2.96. The van der Waals surface area contributed by atoms with Gasteiger partial charge in [-0.2, -0.15) is 0 Å². The number of unbranched alkanes of at least 4 members (excludes halogenated alkanes) is 5. The molecule has 0 fully saturated rings. The maximum atomic E-state index is 13.8. The standard InChI is InChI=1S/C30H46FN3O2S.CH4O/c1-5-9-11-13-23-36-29-24-25(31)14-19-28(29)30(35)33-26-15-17-27(18-16-26)37-32-20-22-34(7-3,8-4)21-12-10-6-2;1-2/h14-19,24,32H,5-13,20-23H2,1-4H3;2H,1H3/p+1. The number of aliphatic hydroxyl groups excluding tert-OH is 1. The zero-order valence-electron chi connectivity index (χ0n) is 24.7. The summed E-state index contributed by atoms with van der Waals surface area (Å²) < 4.78 is 24.2. The van der Waals surface area contributed by atoms with Crippen LogP contribution in [0.2, 0.25) is 0 Å². The van der Waals surface area contributed by atoms with Crippen molar-refractivity contribution in [3.63, 3.8) is 0 Å². The van der Waals surface area contributed by atoms with Gasteiger partial charge in [-0.05, 0) is 81.5 Å². The van der Waals surface area contributed by atoms with Gasteiger partial charge < -0.3 is 19.6 Å². The average molecular weight is 565 g/mol. The molecule has 6 nitrogen and oxygen atoms in total. The molecule has 0 spiro atoms. The molecular weight excluding hydrogens is 513 g/mol. The quantitative estimate of drug-likeness (QED) is 0.0950. The highest BCUT2D eigenvalue weighted by atomic mass is 32.2. The van der Waals surface area contributed by atoms with E-state index in [1.807, 2.05) is 24.3 Å². The molecule has 0 unspecified atom stereocenters.